The molecule has 0 fully saturated rings. The molecule has 18 heavy (non-hydrogen) atoms. The van der Waals surface area contributed by atoms with Gasteiger partial charge in [0.15, 0.2) is 0 Å². The summed E-state index contributed by atoms with van der Waals surface area (Å²) in [4.78, 5) is 0. The van der Waals surface area contributed by atoms with E-state index in [0.29, 0.717) is 12.5 Å². The van der Waals surface area contributed by atoms with Crippen molar-refractivity contribution in [2.24, 2.45) is 11.7 Å². The zero-order chi connectivity index (χ0) is 13.9. The van der Waals surface area contributed by atoms with Crippen LogP contribution in [0.2, 0.25) is 0 Å². The van der Waals surface area contributed by atoms with Crippen LogP contribution in [0.3, 0.4) is 0 Å². The van der Waals surface area contributed by atoms with Gasteiger partial charge in [-0.15, -0.1) is 0 Å². The maximum Gasteiger partial charge on any atom is 0.0471 e. The van der Waals surface area contributed by atoms with Crippen molar-refractivity contribution in [2.45, 2.75) is 47.0 Å². The first-order valence-corrected chi connectivity index (χ1v) is 6.80. The molecule has 0 aliphatic heterocycles. The van der Waals surface area contributed by atoms with Crippen molar-refractivity contribution in [3.8, 4) is 0 Å². The third-order valence-corrected chi connectivity index (χ3v) is 4.20. The van der Waals surface area contributed by atoms with Crippen LogP contribution in [-0.4, -0.2) is 18.3 Å². The molecular formula is C16H27NO. The second-order valence-electron chi connectivity index (χ2n) is 5.60. The number of benzene rings is 1. The summed E-state index contributed by atoms with van der Waals surface area (Å²) in [5.74, 6) is 0.656. The lowest BCUT2D eigenvalue weighted by Gasteiger charge is -2.24. The maximum absolute atomic E-state index is 9.29. The van der Waals surface area contributed by atoms with E-state index in [1.807, 2.05) is 0 Å². The van der Waals surface area contributed by atoms with Gasteiger partial charge >= 0.3 is 0 Å². The molecule has 3 N–H and O–H groups in total. The zero-order valence-corrected chi connectivity index (χ0v) is 12.4. The Hall–Kier alpha value is -0.860. The second-order valence-corrected chi connectivity index (χ2v) is 5.60. The highest BCUT2D eigenvalue weighted by Crippen LogP contribution is 2.32. The fourth-order valence-electron chi connectivity index (χ4n) is 2.85. The maximum atomic E-state index is 9.29. The van der Waals surface area contributed by atoms with Gasteiger partial charge in [0.05, 0.1) is 0 Å². The van der Waals surface area contributed by atoms with Gasteiger partial charge in [-0.3, -0.25) is 0 Å². The van der Waals surface area contributed by atoms with Gasteiger partial charge in [-0.25, -0.2) is 0 Å². The van der Waals surface area contributed by atoms with E-state index < -0.39 is 0 Å². The lowest BCUT2D eigenvalue weighted by molar-refractivity contribution is 0.217. The molecule has 0 saturated carbocycles. The SMILES string of the molecule is Cc1cc(C)c(C)c(C(C)CC(CN)CO)c1C. The quantitative estimate of drug-likeness (QED) is 0.842. The van der Waals surface area contributed by atoms with E-state index in [9.17, 15) is 5.11 Å². The predicted molar refractivity (Wildman–Crippen MR) is 78.1 cm³/mol. The number of aliphatic hydroxyl groups is 1. The lowest BCUT2D eigenvalue weighted by atomic mass is 9.82. The van der Waals surface area contributed by atoms with Crippen molar-refractivity contribution >= 4 is 0 Å². The van der Waals surface area contributed by atoms with E-state index in [1.165, 1.54) is 27.8 Å². The van der Waals surface area contributed by atoms with Crippen LogP contribution in [0, 0.1) is 33.6 Å². The minimum absolute atomic E-state index is 0.184. The summed E-state index contributed by atoms with van der Waals surface area (Å²) in [5, 5.41) is 9.29. The van der Waals surface area contributed by atoms with Crippen molar-refractivity contribution in [3.05, 3.63) is 33.9 Å². The second kappa shape index (κ2) is 6.35. The van der Waals surface area contributed by atoms with Gasteiger partial charge in [-0.05, 0) is 80.3 Å². The summed E-state index contributed by atoms with van der Waals surface area (Å²) < 4.78 is 0. The van der Waals surface area contributed by atoms with Crippen molar-refractivity contribution in [1.29, 1.82) is 0 Å². The number of nitrogens with two attached hydrogens (primary N) is 1. The van der Waals surface area contributed by atoms with E-state index in [0.717, 1.165) is 6.42 Å². The Morgan fingerprint density at radius 2 is 1.61 bits per heavy atom. The summed E-state index contributed by atoms with van der Waals surface area (Å²) in [7, 11) is 0. The number of rotatable bonds is 5. The Morgan fingerprint density at radius 3 is 2.00 bits per heavy atom. The van der Waals surface area contributed by atoms with Crippen LogP contribution in [0.25, 0.3) is 0 Å². The minimum Gasteiger partial charge on any atom is -0.396 e. The molecule has 0 heterocycles. The molecule has 2 unspecified atom stereocenters. The van der Waals surface area contributed by atoms with Crippen LogP contribution in [0.15, 0.2) is 6.07 Å². The summed E-state index contributed by atoms with van der Waals surface area (Å²) in [6.45, 7) is 11.7. The lowest BCUT2D eigenvalue weighted by Crippen LogP contribution is -2.20. The van der Waals surface area contributed by atoms with E-state index in [1.54, 1.807) is 0 Å². The molecule has 0 saturated heterocycles. The fraction of sp³-hybridized carbons (Fsp3) is 0.625. The van der Waals surface area contributed by atoms with Gasteiger partial charge < -0.3 is 10.8 Å². The van der Waals surface area contributed by atoms with E-state index in [-0.39, 0.29) is 12.5 Å². The third kappa shape index (κ3) is 3.12. The molecule has 0 aliphatic rings. The Labute approximate surface area is 111 Å². The average molecular weight is 249 g/mol. The van der Waals surface area contributed by atoms with Gasteiger partial charge in [0.25, 0.3) is 0 Å². The molecule has 0 aromatic heterocycles. The first-order valence-electron chi connectivity index (χ1n) is 6.80. The predicted octanol–water partition coefficient (Wildman–Crippen LogP) is 2.98. The molecule has 1 aromatic rings. The van der Waals surface area contributed by atoms with Crippen LogP contribution in [0.1, 0.15) is 47.1 Å². The van der Waals surface area contributed by atoms with Crippen LogP contribution in [0.5, 0.6) is 0 Å². The minimum atomic E-state index is 0.184. The van der Waals surface area contributed by atoms with E-state index in [4.69, 9.17) is 5.73 Å². The Morgan fingerprint density at radius 1 is 1.11 bits per heavy atom. The summed E-state index contributed by atoms with van der Waals surface area (Å²) in [6, 6.07) is 2.26. The summed E-state index contributed by atoms with van der Waals surface area (Å²) in [6.07, 6.45) is 0.956. The first-order chi connectivity index (χ1) is 8.42. The molecule has 2 heteroatoms. The van der Waals surface area contributed by atoms with Crippen molar-refractivity contribution < 1.29 is 5.11 Å². The van der Waals surface area contributed by atoms with Gasteiger partial charge in [-0.1, -0.05) is 13.0 Å². The molecule has 102 valence electrons. The monoisotopic (exact) mass is 249 g/mol. The summed E-state index contributed by atoms with van der Waals surface area (Å²) >= 11 is 0. The molecule has 1 rings (SSSR count). The molecule has 0 radical (unpaired) electrons. The van der Waals surface area contributed by atoms with Crippen LogP contribution >= 0.6 is 0 Å². The molecule has 0 aliphatic carbocycles. The number of hydrogen-bond donors (Lipinski definition) is 2. The Bertz CT molecular complexity index is 382. The Balaban J connectivity index is 3.08. The number of hydrogen-bond acceptors (Lipinski definition) is 2. The molecule has 2 atom stereocenters. The van der Waals surface area contributed by atoms with Crippen molar-refractivity contribution in [1.82, 2.24) is 0 Å². The highest BCUT2D eigenvalue weighted by molar-refractivity contribution is 5.45. The van der Waals surface area contributed by atoms with Crippen molar-refractivity contribution in [3.63, 3.8) is 0 Å². The largest absolute Gasteiger partial charge is 0.396 e. The molecular weight excluding hydrogens is 222 g/mol. The fourth-order valence-corrected chi connectivity index (χ4v) is 2.85. The highest BCUT2D eigenvalue weighted by atomic mass is 16.3. The molecule has 2 nitrogen and oxygen atoms in total. The molecule has 0 spiro atoms. The van der Waals surface area contributed by atoms with Gasteiger partial charge in [-0.2, -0.15) is 0 Å². The highest BCUT2D eigenvalue weighted by Gasteiger charge is 2.18. The number of aryl methyl sites for hydroxylation is 2. The van der Waals surface area contributed by atoms with Crippen LogP contribution in [0.4, 0.5) is 0 Å². The van der Waals surface area contributed by atoms with Gasteiger partial charge in [0.1, 0.15) is 0 Å². The standard InChI is InChI=1S/C16H27NO/c1-10-6-11(2)14(5)16(13(10)4)12(3)7-15(8-17)9-18/h6,12,15,18H,7-9,17H2,1-5H3. The van der Waals surface area contributed by atoms with Crippen molar-refractivity contribution in [2.75, 3.05) is 13.2 Å². The van der Waals surface area contributed by atoms with Crippen LogP contribution < -0.4 is 5.73 Å². The molecule has 0 bridgehead atoms. The number of aliphatic hydroxyl groups excluding tert-OH is 1. The normalized spacial score (nSPS) is 14.6. The van der Waals surface area contributed by atoms with E-state index in [2.05, 4.69) is 40.7 Å². The third-order valence-electron chi connectivity index (χ3n) is 4.20. The Kier molecular flexibility index (Phi) is 5.36. The van der Waals surface area contributed by atoms with Crippen LogP contribution in [-0.2, 0) is 0 Å². The summed E-state index contributed by atoms with van der Waals surface area (Å²) in [5.41, 5.74) is 12.6. The van der Waals surface area contributed by atoms with Gasteiger partial charge in [0, 0.05) is 6.61 Å². The molecule has 0 amide bonds. The first kappa shape index (κ1) is 15.2. The molecule has 1 aromatic carbocycles. The average Bonchev–Trinajstić information content (AvgIpc) is 2.33. The zero-order valence-electron chi connectivity index (χ0n) is 12.4. The van der Waals surface area contributed by atoms with Gasteiger partial charge in [0.2, 0.25) is 0 Å². The van der Waals surface area contributed by atoms with E-state index >= 15 is 0 Å². The smallest absolute Gasteiger partial charge is 0.0471 e. The topological polar surface area (TPSA) is 46.2 Å².